The van der Waals surface area contributed by atoms with E-state index in [0.29, 0.717) is 6.54 Å². The maximum absolute atomic E-state index is 9.82. The van der Waals surface area contributed by atoms with E-state index in [1.807, 2.05) is 6.92 Å². The fourth-order valence-corrected chi connectivity index (χ4v) is 1.92. The molecule has 90 valence electrons. The van der Waals surface area contributed by atoms with Crippen LogP contribution in [0.15, 0.2) is 0 Å². The van der Waals surface area contributed by atoms with Gasteiger partial charge in [0.05, 0.1) is 5.60 Å². The van der Waals surface area contributed by atoms with E-state index in [1.165, 1.54) is 25.8 Å². The first-order valence-electron chi connectivity index (χ1n) is 6.22. The highest BCUT2D eigenvalue weighted by Gasteiger charge is 2.22. The lowest BCUT2D eigenvalue weighted by molar-refractivity contribution is 0.0442. The highest BCUT2D eigenvalue weighted by Crippen LogP contribution is 2.27. The number of nitrogens with two attached hydrogens (primary N) is 1. The Morgan fingerprint density at radius 2 is 2.13 bits per heavy atom. The number of hydrogen-bond acceptors (Lipinski definition) is 3. The van der Waals surface area contributed by atoms with E-state index in [2.05, 4.69) is 11.8 Å². The van der Waals surface area contributed by atoms with E-state index in [0.717, 1.165) is 25.4 Å². The summed E-state index contributed by atoms with van der Waals surface area (Å²) in [4.78, 5) is 2.44. The zero-order chi connectivity index (χ0) is 11.3. The Kier molecular flexibility index (Phi) is 5.03. The monoisotopic (exact) mass is 214 g/mol. The summed E-state index contributed by atoms with van der Waals surface area (Å²) in [6, 6.07) is 0. The minimum atomic E-state index is -0.687. The van der Waals surface area contributed by atoms with Crippen molar-refractivity contribution in [1.82, 2.24) is 4.90 Å². The molecule has 0 amide bonds. The molecule has 3 N–H and O–H groups in total. The predicted octanol–water partition coefficient (Wildman–Crippen LogP) is 1.21. The quantitative estimate of drug-likeness (QED) is 0.669. The van der Waals surface area contributed by atoms with Crippen LogP contribution in [-0.2, 0) is 0 Å². The molecule has 0 radical (unpaired) electrons. The minimum Gasteiger partial charge on any atom is -0.389 e. The lowest BCUT2D eigenvalue weighted by atomic mass is 9.85. The number of hydrogen-bond donors (Lipinski definition) is 2. The topological polar surface area (TPSA) is 49.5 Å². The molecule has 0 spiro atoms. The molecular weight excluding hydrogens is 188 g/mol. The highest BCUT2D eigenvalue weighted by molar-refractivity contribution is 4.78. The standard InChI is InChI=1S/C12H26N2O/c1-3-14(9-11-5-4-6-11)8-7-12(2,15)10-13/h11,15H,3-10,13H2,1-2H3. The predicted molar refractivity (Wildman–Crippen MR) is 63.8 cm³/mol. The van der Waals surface area contributed by atoms with Crippen molar-refractivity contribution in [2.75, 3.05) is 26.2 Å². The molecule has 1 aliphatic carbocycles. The van der Waals surface area contributed by atoms with E-state index in [-0.39, 0.29) is 0 Å². The van der Waals surface area contributed by atoms with Crippen molar-refractivity contribution in [3.63, 3.8) is 0 Å². The maximum Gasteiger partial charge on any atom is 0.0753 e. The van der Waals surface area contributed by atoms with Gasteiger partial charge in [-0.2, -0.15) is 0 Å². The molecule has 1 atom stereocenters. The van der Waals surface area contributed by atoms with Gasteiger partial charge in [-0.1, -0.05) is 13.3 Å². The first kappa shape index (κ1) is 12.9. The third-order valence-electron chi connectivity index (χ3n) is 3.59. The molecule has 0 saturated heterocycles. The average molecular weight is 214 g/mol. The third kappa shape index (κ3) is 4.49. The van der Waals surface area contributed by atoms with Crippen LogP contribution in [0.2, 0.25) is 0 Å². The van der Waals surface area contributed by atoms with Crippen LogP contribution < -0.4 is 5.73 Å². The molecule has 15 heavy (non-hydrogen) atoms. The second kappa shape index (κ2) is 5.83. The second-order valence-corrected chi connectivity index (χ2v) is 5.14. The SMILES string of the molecule is CCN(CCC(C)(O)CN)CC1CCC1. The normalized spacial score (nSPS) is 21.4. The Hall–Kier alpha value is -0.120. The lowest BCUT2D eigenvalue weighted by Gasteiger charge is -2.33. The van der Waals surface area contributed by atoms with Gasteiger partial charge in [-0.25, -0.2) is 0 Å². The third-order valence-corrected chi connectivity index (χ3v) is 3.59. The molecule has 0 aromatic heterocycles. The van der Waals surface area contributed by atoms with Gasteiger partial charge in [0.2, 0.25) is 0 Å². The Bertz CT molecular complexity index is 178. The summed E-state index contributed by atoms with van der Waals surface area (Å²) < 4.78 is 0. The van der Waals surface area contributed by atoms with Gasteiger partial charge in [-0.05, 0) is 38.6 Å². The summed E-state index contributed by atoms with van der Waals surface area (Å²) in [5, 5.41) is 9.82. The summed E-state index contributed by atoms with van der Waals surface area (Å²) in [5.41, 5.74) is 4.82. The maximum atomic E-state index is 9.82. The number of rotatable bonds is 7. The molecule has 3 heteroatoms. The van der Waals surface area contributed by atoms with Crippen molar-refractivity contribution < 1.29 is 5.11 Å². The molecule has 0 aromatic carbocycles. The van der Waals surface area contributed by atoms with Crippen LogP contribution in [0.5, 0.6) is 0 Å². The molecule has 1 unspecified atom stereocenters. The van der Waals surface area contributed by atoms with Crippen LogP contribution in [0, 0.1) is 5.92 Å². The van der Waals surface area contributed by atoms with Gasteiger partial charge in [0.1, 0.15) is 0 Å². The van der Waals surface area contributed by atoms with E-state index >= 15 is 0 Å². The fraction of sp³-hybridized carbons (Fsp3) is 1.00. The largest absolute Gasteiger partial charge is 0.389 e. The Balaban J connectivity index is 2.20. The lowest BCUT2D eigenvalue weighted by Crippen LogP contribution is -2.40. The van der Waals surface area contributed by atoms with Crippen LogP contribution in [0.3, 0.4) is 0 Å². The van der Waals surface area contributed by atoms with Crippen molar-refractivity contribution in [2.24, 2.45) is 11.7 Å². The van der Waals surface area contributed by atoms with Crippen LogP contribution in [0.4, 0.5) is 0 Å². The van der Waals surface area contributed by atoms with Crippen molar-refractivity contribution >= 4 is 0 Å². The van der Waals surface area contributed by atoms with Crippen molar-refractivity contribution in [1.29, 1.82) is 0 Å². The summed E-state index contributed by atoms with van der Waals surface area (Å²) >= 11 is 0. The van der Waals surface area contributed by atoms with Crippen molar-refractivity contribution in [2.45, 2.75) is 45.1 Å². The Morgan fingerprint density at radius 3 is 2.53 bits per heavy atom. The molecule has 0 aliphatic heterocycles. The molecule has 3 nitrogen and oxygen atoms in total. The van der Waals surface area contributed by atoms with Crippen LogP contribution >= 0.6 is 0 Å². The molecular formula is C12H26N2O. The van der Waals surface area contributed by atoms with E-state index < -0.39 is 5.60 Å². The molecule has 1 aliphatic rings. The average Bonchev–Trinajstić information content (AvgIpc) is 2.15. The van der Waals surface area contributed by atoms with Crippen molar-refractivity contribution in [3.8, 4) is 0 Å². The van der Waals surface area contributed by atoms with Gasteiger partial charge in [0, 0.05) is 19.6 Å². The Morgan fingerprint density at radius 1 is 1.47 bits per heavy atom. The van der Waals surface area contributed by atoms with Crippen LogP contribution in [-0.4, -0.2) is 41.8 Å². The number of aliphatic hydroxyl groups is 1. The summed E-state index contributed by atoms with van der Waals surface area (Å²) in [6.45, 7) is 7.62. The second-order valence-electron chi connectivity index (χ2n) is 5.14. The van der Waals surface area contributed by atoms with Crippen LogP contribution in [0.25, 0.3) is 0 Å². The van der Waals surface area contributed by atoms with Gasteiger partial charge in [0.15, 0.2) is 0 Å². The molecule has 1 saturated carbocycles. The van der Waals surface area contributed by atoms with Gasteiger partial charge in [-0.15, -0.1) is 0 Å². The smallest absolute Gasteiger partial charge is 0.0753 e. The summed E-state index contributed by atoms with van der Waals surface area (Å²) in [6.07, 6.45) is 4.97. The minimum absolute atomic E-state index is 0.355. The first-order chi connectivity index (χ1) is 7.07. The Labute approximate surface area is 93.6 Å². The molecule has 1 rings (SSSR count). The van der Waals surface area contributed by atoms with Gasteiger partial charge >= 0.3 is 0 Å². The van der Waals surface area contributed by atoms with Gasteiger partial charge in [-0.3, -0.25) is 0 Å². The number of nitrogens with zero attached hydrogens (tertiary/aromatic N) is 1. The molecule has 0 heterocycles. The molecule has 1 fully saturated rings. The summed E-state index contributed by atoms with van der Waals surface area (Å²) in [7, 11) is 0. The molecule has 0 aromatic rings. The summed E-state index contributed by atoms with van der Waals surface area (Å²) in [5.74, 6) is 0.910. The van der Waals surface area contributed by atoms with E-state index in [1.54, 1.807) is 0 Å². The van der Waals surface area contributed by atoms with Gasteiger partial charge in [0.25, 0.3) is 0 Å². The highest BCUT2D eigenvalue weighted by atomic mass is 16.3. The fourth-order valence-electron chi connectivity index (χ4n) is 1.92. The van der Waals surface area contributed by atoms with Crippen molar-refractivity contribution in [3.05, 3.63) is 0 Å². The zero-order valence-electron chi connectivity index (χ0n) is 10.2. The first-order valence-corrected chi connectivity index (χ1v) is 6.22. The van der Waals surface area contributed by atoms with E-state index in [9.17, 15) is 5.11 Å². The zero-order valence-corrected chi connectivity index (χ0v) is 10.2. The van der Waals surface area contributed by atoms with E-state index in [4.69, 9.17) is 5.73 Å². The molecule has 0 bridgehead atoms. The van der Waals surface area contributed by atoms with Gasteiger partial charge < -0.3 is 15.7 Å². The van der Waals surface area contributed by atoms with Crippen LogP contribution in [0.1, 0.15) is 39.5 Å².